The van der Waals surface area contributed by atoms with Crippen LogP contribution in [0.5, 0.6) is 0 Å². The Hall–Kier alpha value is -3.53. The number of benzene rings is 2. The molecule has 0 aliphatic carbocycles. The summed E-state index contributed by atoms with van der Waals surface area (Å²) in [5.41, 5.74) is 1.50. The highest BCUT2D eigenvalue weighted by atomic mass is 19.2. The number of nitriles is 1. The molecule has 0 bridgehead atoms. The molecule has 0 saturated carbocycles. The maximum Gasteiger partial charge on any atom is 0.349 e. The van der Waals surface area contributed by atoms with Gasteiger partial charge in [0.2, 0.25) is 0 Å². The van der Waals surface area contributed by atoms with Crippen molar-refractivity contribution in [3.05, 3.63) is 70.8 Å². The van der Waals surface area contributed by atoms with Gasteiger partial charge in [-0.3, -0.25) is 4.79 Å². The monoisotopic (exact) mass is 398 g/mol. The Morgan fingerprint density at radius 1 is 1.07 bits per heavy atom. The van der Waals surface area contributed by atoms with Gasteiger partial charge in [-0.25, -0.2) is 13.6 Å². The molecule has 7 heteroatoms. The van der Waals surface area contributed by atoms with Gasteiger partial charge >= 0.3 is 5.97 Å². The molecule has 2 rings (SSSR count). The molecular formula is C22H20F2N2O3. The molecule has 2 aromatic rings. The molecule has 150 valence electrons. The largest absolute Gasteiger partial charge is 0.448 e. The highest BCUT2D eigenvalue weighted by Crippen LogP contribution is 2.17. The minimum atomic E-state index is -1.25. The van der Waals surface area contributed by atoms with Crippen LogP contribution >= 0.6 is 0 Å². The Labute approximate surface area is 167 Å². The molecule has 0 fully saturated rings. The molecule has 5 nitrogen and oxygen atoms in total. The summed E-state index contributed by atoms with van der Waals surface area (Å²) in [6, 6.07) is 12.0. The summed E-state index contributed by atoms with van der Waals surface area (Å²) in [6.45, 7) is 5.41. The second-order valence-electron chi connectivity index (χ2n) is 6.66. The van der Waals surface area contributed by atoms with Gasteiger partial charge in [0.05, 0.1) is 0 Å². The number of nitrogens with one attached hydrogen (secondary N) is 1. The third-order valence-corrected chi connectivity index (χ3v) is 4.09. The molecule has 0 aromatic heterocycles. The van der Waals surface area contributed by atoms with E-state index in [-0.39, 0.29) is 11.3 Å². The van der Waals surface area contributed by atoms with E-state index in [9.17, 15) is 23.6 Å². The molecule has 0 radical (unpaired) electrons. The highest BCUT2D eigenvalue weighted by molar-refractivity contribution is 6.01. The van der Waals surface area contributed by atoms with Crippen LogP contribution in [-0.2, 0) is 14.3 Å². The van der Waals surface area contributed by atoms with Crippen molar-refractivity contribution in [1.29, 1.82) is 5.26 Å². The van der Waals surface area contributed by atoms with Crippen molar-refractivity contribution < 1.29 is 23.1 Å². The van der Waals surface area contributed by atoms with Crippen molar-refractivity contribution in [2.75, 3.05) is 5.32 Å². The Balaban J connectivity index is 2.04. The molecule has 29 heavy (non-hydrogen) atoms. The zero-order chi connectivity index (χ0) is 21.6. The van der Waals surface area contributed by atoms with Crippen molar-refractivity contribution in [2.45, 2.75) is 32.8 Å². The van der Waals surface area contributed by atoms with Crippen LogP contribution in [0.4, 0.5) is 14.5 Å². The number of esters is 1. The Bertz CT molecular complexity index is 977. The fourth-order valence-corrected chi connectivity index (χ4v) is 2.38. The number of rotatable bonds is 6. The van der Waals surface area contributed by atoms with Gasteiger partial charge in [-0.2, -0.15) is 5.26 Å². The first kappa shape index (κ1) is 21.8. The first-order chi connectivity index (χ1) is 13.7. The average molecular weight is 398 g/mol. The smallest absolute Gasteiger partial charge is 0.349 e. The molecular weight excluding hydrogens is 378 g/mol. The van der Waals surface area contributed by atoms with E-state index in [0.717, 1.165) is 17.7 Å². The topological polar surface area (TPSA) is 79.2 Å². The number of halogens is 2. The average Bonchev–Trinajstić information content (AvgIpc) is 2.69. The molecule has 1 amide bonds. The first-order valence-corrected chi connectivity index (χ1v) is 8.90. The molecule has 0 aliphatic rings. The quantitative estimate of drug-likeness (QED) is 0.439. The van der Waals surface area contributed by atoms with Gasteiger partial charge in [0, 0.05) is 11.8 Å². The predicted octanol–water partition coefficient (Wildman–Crippen LogP) is 4.57. The molecule has 0 heterocycles. The number of hydrogen-bond acceptors (Lipinski definition) is 4. The van der Waals surface area contributed by atoms with E-state index in [1.807, 2.05) is 12.1 Å². The van der Waals surface area contributed by atoms with E-state index in [1.54, 1.807) is 18.2 Å². The van der Waals surface area contributed by atoms with Crippen LogP contribution in [-0.4, -0.2) is 18.0 Å². The normalized spacial score (nSPS) is 12.2. The van der Waals surface area contributed by atoms with E-state index in [0.29, 0.717) is 11.5 Å². The van der Waals surface area contributed by atoms with Gasteiger partial charge in [-0.05, 0) is 42.2 Å². The van der Waals surface area contributed by atoms with Crippen LogP contribution in [0.2, 0.25) is 0 Å². The zero-order valence-electron chi connectivity index (χ0n) is 16.2. The van der Waals surface area contributed by atoms with Crippen LogP contribution in [0.15, 0.2) is 48.0 Å². The summed E-state index contributed by atoms with van der Waals surface area (Å²) >= 11 is 0. The third-order valence-electron chi connectivity index (χ3n) is 4.09. The van der Waals surface area contributed by atoms with Crippen molar-refractivity contribution in [2.24, 2.45) is 0 Å². The van der Waals surface area contributed by atoms with Crippen molar-refractivity contribution in [1.82, 2.24) is 0 Å². The molecule has 0 spiro atoms. The van der Waals surface area contributed by atoms with Crippen LogP contribution in [0, 0.1) is 23.0 Å². The number of amides is 1. The van der Waals surface area contributed by atoms with Crippen LogP contribution in [0.1, 0.15) is 37.8 Å². The fraction of sp³-hybridized carbons (Fsp3) is 0.227. The number of carbonyl (C=O) groups is 2. The van der Waals surface area contributed by atoms with E-state index >= 15 is 0 Å². The van der Waals surface area contributed by atoms with Gasteiger partial charge < -0.3 is 10.1 Å². The van der Waals surface area contributed by atoms with Crippen LogP contribution in [0.3, 0.4) is 0 Å². The molecule has 0 saturated heterocycles. The number of anilines is 1. The summed E-state index contributed by atoms with van der Waals surface area (Å²) in [7, 11) is 0. The Morgan fingerprint density at radius 3 is 2.28 bits per heavy atom. The lowest BCUT2D eigenvalue weighted by atomic mass is 10.0. The van der Waals surface area contributed by atoms with Gasteiger partial charge in [-0.1, -0.05) is 38.1 Å². The van der Waals surface area contributed by atoms with Crippen molar-refractivity contribution in [3.63, 3.8) is 0 Å². The molecule has 0 aliphatic heterocycles. The van der Waals surface area contributed by atoms with E-state index < -0.39 is 29.6 Å². The molecule has 1 atom stereocenters. The van der Waals surface area contributed by atoms with Crippen molar-refractivity contribution >= 4 is 23.6 Å². The SMILES string of the molecule is CC(C)c1ccc(/C=C(\C#N)C(=O)O[C@@H](C)C(=O)Nc2ccc(F)c(F)c2)cc1. The maximum absolute atomic E-state index is 13.2. The molecule has 0 unspecified atom stereocenters. The van der Waals surface area contributed by atoms with E-state index in [4.69, 9.17) is 4.74 Å². The number of carbonyl (C=O) groups excluding carboxylic acids is 2. The van der Waals surface area contributed by atoms with Gasteiger partial charge in [0.15, 0.2) is 17.7 Å². The van der Waals surface area contributed by atoms with Crippen LogP contribution in [0.25, 0.3) is 6.08 Å². The summed E-state index contributed by atoms with van der Waals surface area (Å²) < 4.78 is 31.2. The Morgan fingerprint density at radius 2 is 1.72 bits per heavy atom. The number of nitrogens with zero attached hydrogens (tertiary/aromatic N) is 1. The van der Waals surface area contributed by atoms with Gasteiger partial charge in [-0.15, -0.1) is 0 Å². The lowest BCUT2D eigenvalue weighted by molar-refractivity contribution is -0.148. The number of hydrogen-bond donors (Lipinski definition) is 1. The van der Waals surface area contributed by atoms with Gasteiger partial charge in [0.25, 0.3) is 5.91 Å². The minimum Gasteiger partial charge on any atom is -0.448 e. The van der Waals surface area contributed by atoms with Crippen molar-refractivity contribution in [3.8, 4) is 6.07 Å². The Kier molecular flexibility index (Phi) is 7.21. The molecule has 1 N–H and O–H groups in total. The van der Waals surface area contributed by atoms with E-state index in [1.165, 1.54) is 19.1 Å². The van der Waals surface area contributed by atoms with E-state index in [2.05, 4.69) is 19.2 Å². The summed E-state index contributed by atoms with van der Waals surface area (Å²) in [5.74, 6) is -3.53. The lowest BCUT2D eigenvalue weighted by Gasteiger charge is -2.13. The van der Waals surface area contributed by atoms with Gasteiger partial charge in [0.1, 0.15) is 11.6 Å². The standard InChI is InChI=1S/C22H20F2N2O3/c1-13(2)16-6-4-15(5-7-16)10-17(12-25)22(28)29-14(3)21(27)26-18-8-9-19(23)20(24)11-18/h4-11,13-14H,1-3H3,(H,26,27)/b17-10+/t14-/m0/s1. The fourth-order valence-electron chi connectivity index (χ4n) is 2.38. The number of ether oxygens (including phenoxy) is 1. The minimum absolute atomic E-state index is 0.0121. The highest BCUT2D eigenvalue weighted by Gasteiger charge is 2.21. The first-order valence-electron chi connectivity index (χ1n) is 8.90. The molecule has 2 aromatic carbocycles. The summed E-state index contributed by atoms with van der Waals surface area (Å²) in [6.07, 6.45) is 0.113. The lowest BCUT2D eigenvalue weighted by Crippen LogP contribution is -2.30. The van der Waals surface area contributed by atoms with Crippen LogP contribution < -0.4 is 5.32 Å². The predicted molar refractivity (Wildman–Crippen MR) is 105 cm³/mol. The third kappa shape index (κ3) is 5.98. The zero-order valence-corrected chi connectivity index (χ0v) is 16.2. The summed E-state index contributed by atoms with van der Waals surface area (Å²) in [4.78, 5) is 24.3. The second kappa shape index (κ2) is 9.60. The second-order valence-corrected chi connectivity index (χ2v) is 6.66. The maximum atomic E-state index is 13.2. The summed E-state index contributed by atoms with van der Waals surface area (Å²) in [5, 5.41) is 11.6.